The van der Waals surface area contributed by atoms with Crippen LogP contribution < -0.4 is 0 Å². The van der Waals surface area contributed by atoms with Gasteiger partial charge >= 0.3 is 0 Å². The van der Waals surface area contributed by atoms with Gasteiger partial charge in [-0.15, -0.1) is 0 Å². The van der Waals surface area contributed by atoms with Crippen molar-refractivity contribution in [1.82, 2.24) is 0 Å². The fourth-order valence-electron chi connectivity index (χ4n) is 1.04. The van der Waals surface area contributed by atoms with E-state index in [1.165, 1.54) is 5.57 Å². The molecule has 0 saturated heterocycles. The standard InChI is InChI=1S/C9H7S/c1-2-6-9-8(4-1)5-3-7-10-9/h1-6,9H/q+1. The SMILES string of the molecule is [C+]1=CC=C2C=CC=CC2S1. The first-order valence-corrected chi connectivity index (χ1v) is 4.14. The molecule has 0 fully saturated rings. The van der Waals surface area contributed by atoms with Crippen molar-refractivity contribution in [2.45, 2.75) is 5.25 Å². The van der Waals surface area contributed by atoms with E-state index in [4.69, 9.17) is 0 Å². The molecule has 0 saturated carbocycles. The van der Waals surface area contributed by atoms with Crippen LogP contribution in [0.4, 0.5) is 0 Å². The zero-order valence-electron chi connectivity index (χ0n) is 5.45. The molecule has 1 aliphatic heterocycles. The Morgan fingerprint density at radius 3 is 3.30 bits per heavy atom. The molecule has 0 nitrogen and oxygen atoms in total. The second kappa shape index (κ2) is 2.45. The predicted octanol–water partition coefficient (Wildman–Crippen LogP) is 2.47. The maximum atomic E-state index is 3.11. The lowest BCUT2D eigenvalue weighted by molar-refractivity contribution is 1.28. The molecule has 2 aliphatic rings. The number of thioether (sulfide) groups is 1. The lowest BCUT2D eigenvalue weighted by Crippen LogP contribution is -2.04. The molecule has 10 heavy (non-hydrogen) atoms. The molecule has 2 rings (SSSR count). The largest absolute Gasteiger partial charge is 0.168 e. The van der Waals surface area contributed by atoms with Crippen molar-refractivity contribution in [1.29, 1.82) is 0 Å². The van der Waals surface area contributed by atoms with Crippen LogP contribution in [0.1, 0.15) is 0 Å². The topological polar surface area (TPSA) is 0 Å². The summed E-state index contributed by atoms with van der Waals surface area (Å²) in [5.74, 6) is 0. The quantitative estimate of drug-likeness (QED) is 0.474. The monoisotopic (exact) mass is 147 g/mol. The van der Waals surface area contributed by atoms with Crippen LogP contribution in [-0.4, -0.2) is 5.25 Å². The van der Waals surface area contributed by atoms with Gasteiger partial charge in [-0.1, -0.05) is 18.2 Å². The Hall–Kier alpha value is -0.780. The smallest absolute Gasteiger partial charge is 0.0646 e. The molecular weight excluding hydrogens is 140 g/mol. The van der Waals surface area contributed by atoms with Gasteiger partial charge in [0.25, 0.3) is 0 Å². The highest BCUT2D eigenvalue weighted by molar-refractivity contribution is 8.01. The van der Waals surface area contributed by atoms with E-state index in [0.717, 1.165) is 0 Å². The van der Waals surface area contributed by atoms with Crippen LogP contribution in [0.5, 0.6) is 0 Å². The van der Waals surface area contributed by atoms with Crippen LogP contribution >= 0.6 is 11.8 Å². The summed E-state index contributed by atoms with van der Waals surface area (Å²) in [5, 5.41) is 3.64. The van der Waals surface area contributed by atoms with Crippen LogP contribution in [0.2, 0.25) is 0 Å². The Bertz CT molecular complexity index is 243. The van der Waals surface area contributed by atoms with Crippen molar-refractivity contribution in [2.75, 3.05) is 0 Å². The summed E-state index contributed by atoms with van der Waals surface area (Å²) in [5.41, 5.74) is 1.38. The molecule has 1 unspecified atom stereocenters. The summed E-state index contributed by atoms with van der Waals surface area (Å²) in [6, 6.07) is 0. The molecule has 0 bridgehead atoms. The van der Waals surface area contributed by atoms with E-state index in [-0.39, 0.29) is 0 Å². The van der Waals surface area contributed by atoms with Crippen molar-refractivity contribution in [3.05, 3.63) is 47.4 Å². The van der Waals surface area contributed by atoms with Gasteiger partial charge in [0.15, 0.2) is 6.08 Å². The molecule has 0 aromatic heterocycles. The van der Waals surface area contributed by atoms with Crippen molar-refractivity contribution in [2.24, 2.45) is 0 Å². The van der Waals surface area contributed by atoms with E-state index in [9.17, 15) is 0 Å². The number of fused-ring (bicyclic) bond motifs is 1. The third-order valence-corrected chi connectivity index (χ3v) is 2.51. The Kier molecular flexibility index (Phi) is 1.46. The summed E-state index contributed by atoms with van der Waals surface area (Å²) in [6.07, 6.45) is 12.6. The highest BCUT2D eigenvalue weighted by Crippen LogP contribution is 2.28. The number of rotatable bonds is 0. The van der Waals surface area contributed by atoms with Crippen molar-refractivity contribution >= 4 is 11.8 Å². The predicted molar refractivity (Wildman–Crippen MR) is 45.6 cm³/mol. The maximum Gasteiger partial charge on any atom is 0.168 e. The third kappa shape index (κ3) is 0.942. The number of hydrogen-bond donors (Lipinski definition) is 0. The van der Waals surface area contributed by atoms with Gasteiger partial charge in [-0.2, -0.15) is 0 Å². The molecule has 0 N–H and O–H groups in total. The van der Waals surface area contributed by atoms with E-state index in [1.54, 1.807) is 11.8 Å². The van der Waals surface area contributed by atoms with E-state index < -0.39 is 0 Å². The first-order valence-electron chi connectivity index (χ1n) is 3.26. The minimum atomic E-state index is 0.523. The highest BCUT2D eigenvalue weighted by Gasteiger charge is 2.19. The first-order chi connectivity index (χ1) is 4.97. The fourth-order valence-corrected chi connectivity index (χ4v) is 1.79. The Morgan fingerprint density at radius 2 is 2.40 bits per heavy atom. The first kappa shape index (κ1) is 5.96. The fraction of sp³-hybridized carbons (Fsp3) is 0.111. The molecule has 1 aliphatic carbocycles. The van der Waals surface area contributed by atoms with Gasteiger partial charge in [0.1, 0.15) is 5.41 Å². The molecule has 1 heteroatoms. The maximum absolute atomic E-state index is 3.11. The van der Waals surface area contributed by atoms with Gasteiger partial charge in [-0.3, -0.25) is 0 Å². The Balaban J connectivity index is 2.34. The van der Waals surface area contributed by atoms with Crippen molar-refractivity contribution in [3.63, 3.8) is 0 Å². The van der Waals surface area contributed by atoms with Crippen molar-refractivity contribution in [3.8, 4) is 0 Å². The summed E-state index contributed by atoms with van der Waals surface area (Å²) >= 11 is 1.74. The zero-order chi connectivity index (χ0) is 6.81. The molecule has 1 heterocycles. The molecule has 0 spiro atoms. The van der Waals surface area contributed by atoms with Crippen LogP contribution in [0, 0.1) is 5.41 Å². The average molecular weight is 147 g/mol. The van der Waals surface area contributed by atoms with Gasteiger partial charge < -0.3 is 0 Å². The average Bonchev–Trinajstić information content (AvgIpc) is 2.05. The molecule has 0 aromatic rings. The third-order valence-electron chi connectivity index (χ3n) is 1.55. The van der Waals surface area contributed by atoms with Crippen molar-refractivity contribution < 1.29 is 0 Å². The van der Waals surface area contributed by atoms with Crippen LogP contribution in [0.15, 0.2) is 42.0 Å². The minimum Gasteiger partial charge on any atom is -0.0646 e. The van der Waals surface area contributed by atoms with Crippen LogP contribution in [0.25, 0.3) is 0 Å². The second-order valence-corrected chi connectivity index (χ2v) is 3.21. The number of hydrogen-bond acceptors (Lipinski definition) is 1. The van der Waals surface area contributed by atoms with Crippen LogP contribution in [0.3, 0.4) is 0 Å². The van der Waals surface area contributed by atoms with Crippen LogP contribution in [-0.2, 0) is 0 Å². The molecule has 0 aromatic carbocycles. The second-order valence-electron chi connectivity index (χ2n) is 2.23. The van der Waals surface area contributed by atoms with E-state index in [1.807, 2.05) is 6.08 Å². The summed E-state index contributed by atoms with van der Waals surface area (Å²) in [4.78, 5) is 0. The van der Waals surface area contributed by atoms with Gasteiger partial charge in [-0.25, -0.2) is 0 Å². The van der Waals surface area contributed by atoms with E-state index in [0.29, 0.717) is 5.25 Å². The van der Waals surface area contributed by atoms with E-state index >= 15 is 0 Å². The van der Waals surface area contributed by atoms with Gasteiger partial charge in [0, 0.05) is 0 Å². The van der Waals surface area contributed by atoms with E-state index in [2.05, 4.69) is 35.8 Å². The molecule has 0 amide bonds. The molecule has 0 radical (unpaired) electrons. The highest BCUT2D eigenvalue weighted by atomic mass is 32.2. The number of allylic oxidation sites excluding steroid dienone is 5. The van der Waals surface area contributed by atoms with Gasteiger partial charge in [-0.05, 0) is 6.08 Å². The normalized spacial score (nSPS) is 27.2. The minimum absolute atomic E-state index is 0.523. The molecule has 48 valence electrons. The Morgan fingerprint density at radius 1 is 1.40 bits per heavy atom. The lowest BCUT2D eigenvalue weighted by atomic mass is 10.1. The summed E-state index contributed by atoms with van der Waals surface area (Å²) < 4.78 is 0. The van der Waals surface area contributed by atoms with Gasteiger partial charge in [0.2, 0.25) is 0 Å². The Labute approximate surface area is 65.0 Å². The van der Waals surface area contributed by atoms with Gasteiger partial charge in [0.05, 0.1) is 28.7 Å². The summed E-state index contributed by atoms with van der Waals surface area (Å²) in [6.45, 7) is 0. The lowest BCUT2D eigenvalue weighted by Gasteiger charge is -2.08. The molecular formula is C9H7S+. The summed E-state index contributed by atoms with van der Waals surface area (Å²) in [7, 11) is 0. The zero-order valence-corrected chi connectivity index (χ0v) is 6.27. The molecule has 1 atom stereocenters.